The SMILES string of the molecule is Nc1cc(Nc2ccccc2F)nc(C(=O)NC2Cc3ccc(N4CCOCC4)cc3C2)c1. The number of rotatable bonds is 5. The van der Waals surface area contributed by atoms with Crippen molar-refractivity contribution < 1.29 is 13.9 Å². The van der Waals surface area contributed by atoms with Gasteiger partial charge < -0.3 is 26.0 Å². The van der Waals surface area contributed by atoms with Crippen LogP contribution in [-0.2, 0) is 17.6 Å². The number of carbonyl (C=O) groups excluding carboxylic acids is 1. The first-order valence-corrected chi connectivity index (χ1v) is 11.1. The number of fused-ring (bicyclic) bond motifs is 1. The van der Waals surface area contributed by atoms with Gasteiger partial charge in [-0.3, -0.25) is 4.79 Å². The summed E-state index contributed by atoms with van der Waals surface area (Å²) >= 11 is 0. The van der Waals surface area contributed by atoms with Crippen molar-refractivity contribution in [3.8, 4) is 0 Å². The minimum atomic E-state index is -0.409. The highest BCUT2D eigenvalue weighted by Gasteiger charge is 2.25. The van der Waals surface area contributed by atoms with E-state index in [1.165, 1.54) is 28.9 Å². The minimum absolute atomic E-state index is 0.0151. The van der Waals surface area contributed by atoms with E-state index in [1.807, 2.05) is 0 Å². The van der Waals surface area contributed by atoms with E-state index in [0.717, 1.165) is 39.1 Å². The van der Waals surface area contributed by atoms with Gasteiger partial charge in [-0.25, -0.2) is 9.37 Å². The summed E-state index contributed by atoms with van der Waals surface area (Å²) in [6, 6.07) is 15.9. The lowest BCUT2D eigenvalue weighted by Crippen LogP contribution is -2.36. The number of hydrogen-bond acceptors (Lipinski definition) is 6. The number of anilines is 4. The van der Waals surface area contributed by atoms with Gasteiger partial charge in [0.05, 0.1) is 18.9 Å². The second-order valence-corrected chi connectivity index (χ2v) is 8.41. The fourth-order valence-corrected chi connectivity index (χ4v) is 4.42. The molecule has 2 heterocycles. The molecule has 2 aromatic carbocycles. The molecule has 0 radical (unpaired) electrons. The Morgan fingerprint density at radius 2 is 1.85 bits per heavy atom. The van der Waals surface area contributed by atoms with Crippen LogP contribution >= 0.6 is 0 Å². The van der Waals surface area contributed by atoms with Crippen molar-refractivity contribution in [2.75, 3.05) is 42.3 Å². The zero-order valence-electron chi connectivity index (χ0n) is 18.2. The number of pyridine rings is 1. The number of nitrogens with zero attached hydrogens (tertiary/aromatic N) is 2. The van der Waals surface area contributed by atoms with Crippen molar-refractivity contribution in [2.45, 2.75) is 18.9 Å². The molecule has 0 saturated carbocycles. The van der Waals surface area contributed by atoms with Crippen molar-refractivity contribution in [3.63, 3.8) is 0 Å². The Hall–Kier alpha value is -3.65. The molecule has 1 aliphatic carbocycles. The van der Waals surface area contributed by atoms with Gasteiger partial charge in [0.1, 0.15) is 17.3 Å². The maximum atomic E-state index is 14.0. The molecule has 5 rings (SSSR count). The van der Waals surface area contributed by atoms with Crippen LogP contribution in [-0.4, -0.2) is 43.2 Å². The van der Waals surface area contributed by atoms with Gasteiger partial charge in [0, 0.05) is 36.6 Å². The van der Waals surface area contributed by atoms with Gasteiger partial charge >= 0.3 is 0 Å². The Morgan fingerprint density at radius 1 is 1.06 bits per heavy atom. The zero-order chi connectivity index (χ0) is 22.8. The molecule has 3 aromatic rings. The predicted molar refractivity (Wildman–Crippen MR) is 126 cm³/mol. The maximum absolute atomic E-state index is 14.0. The molecule has 1 aliphatic heterocycles. The van der Waals surface area contributed by atoms with E-state index in [1.54, 1.807) is 24.3 Å². The summed E-state index contributed by atoms with van der Waals surface area (Å²) in [4.78, 5) is 19.6. The summed E-state index contributed by atoms with van der Waals surface area (Å²) in [7, 11) is 0. The molecule has 4 N–H and O–H groups in total. The molecular weight excluding hydrogens is 421 g/mol. The van der Waals surface area contributed by atoms with Crippen LogP contribution in [0.3, 0.4) is 0 Å². The maximum Gasteiger partial charge on any atom is 0.270 e. The van der Waals surface area contributed by atoms with Gasteiger partial charge in [-0.1, -0.05) is 18.2 Å². The van der Waals surface area contributed by atoms with E-state index >= 15 is 0 Å². The molecule has 1 atom stereocenters. The van der Waals surface area contributed by atoms with Crippen LogP contribution in [0.25, 0.3) is 0 Å². The highest BCUT2D eigenvalue weighted by molar-refractivity contribution is 5.94. The average molecular weight is 448 g/mol. The van der Waals surface area contributed by atoms with E-state index in [0.29, 0.717) is 11.5 Å². The molecule has 1 saturated heterocycles. The van der Waals surface area contributed by atoms with Crippen LogP contribution < -0.4 is 21.3 Å². The van der Waals surface area contributed by atoms with Crippen molar-refractivity contribution in [2.24, 2.45) is 0 Å². The number of nitrogens with one attached hydrogen (secondary N) is 2. The van der Waals surface area contributed by atoms with Crippen LogP contribution in [0.4, 0.5) is 27.3 Å². The van der Waals surface area contributed by atoms with Crippen molar-refractivity contribution in [1.82, 2.24) is 10.3 Å². The van der Waals surface area contributed by atoms with Gasteiger partial charge in [-0.15, -0.1) is 0 Å². The van der Waals surface area contributed by atoms with E-state index in [9.17, 15) is 9.18 Å². The quantitative estimate of drug-likeness (QED) is 0.556. The minimum Gasteiger partial charge on any atom is -0.399 e. The lowest BCUT2D eigenvalue weighted by atomic mass is 10.1. The highest BCUT2D eigenvalue weighted by Crippen LogP contribution is 2.28. The predicted octanol–water partition coefficient (Wildman–Crippen LogP) is 3.28. The number of aromatic nitrogens is 1. The molecule has 170 valence electrons. The van der Waals surface area contributed by atoms with Crippen LogP contribution in [0.2, 0.25) is 0 Å². The van der Waals surface area contributed by atoms with E-state index in [2.05, 4.69) is 38.7 Å². The van der Waals surface area contributed by atoms with Gasteiger partial charge in [-0.05, 0) is 54.3 Å². The van der Waals surface area contributed by atoms with Crippen LogP contribution in [0.15, 0.2) is 54.6 Å². The number of nitrogen functional groups attached to an aromatic ring is 1. The monoisotopic (exact) mass is 447 g/mol. The third-order valence-corrected chi connectivity index (χ3v) is 6.05. The lowest BCUT2D eigenvalue weighted by Gasteiger charge is -2.29. The molecule has 2 aliphatic rings. The Bertz CT molecular complexity index is 1180. The third-order valence-electron chi connectivity index (χ3n) is 6.05. The first-order valence-electron chi connectivity index (χ1n) is 11.1. The number of halogens is 1. The molecular formula is C25H26FN5O2. The van der Waals surface area contributed by atoms with Gasteiger partial charge in [-0.2, -0.15) is 0 Å². The standard InChI is InChI=1S/C25H26FN5O2/c26-21-3-1-2-4-22(21)29-24-15-18(27)14-23(30-24)25(32)28-19-11-16-5-6-20(13-17(16)12-19)31-7-9-33-10-8-31/h1-6,13-15,19H,7-12H2,(H,28,32)(H3,27,29,30). The summed E-state index contributed by atoms with van der Waals surface area (Å²) in [6.45, 7) is 3.28. The number of carbonyl (C=O) groups is 1. The van der Waals surface area contributed by atoms with Crippen LogP contribution in [0, 0.1) is 5.82 Å². The number of amides is 1. The zero-order valence-corrected chi connectivity index (χ0v) is 18.2. The molecule has 1 unspecified atom stereocenters. The summed E-state index contributed by atoms with van der Waals surface area (Å²) < 4.78 is 19.4. The summed E-state index contributed by atoms with van der Waals surface area (Å²) in [5.41, 5.74) is 10.5. The number of morpholine rings is 1. The van der Waals surface area contributed by atoms with E-state index < -0.39 is 5.82 Å². The topological polar surface area (TPSA) is 92.5 Å². The molecule has 0 spiro atoms. The van der Waals surface area contributed by atoms with Gasteiger partial charge in [0.15, 0.2) is 0 Å². The Balaban J connectivity index is 1.26. The first kappa shape index (κ1) is 21.2. The van der Waals surface area contributed by atoms with Crippen molar-refractivity contribution in [3.05, 3.63) is 77.2 Å². The largest absolute Gasteiger partial charge is 0.399 e. The fraction of sp³-hybridized carbons (Fsp3) is 0.280. The average Bonchev–Trinajstić information content (AvgIpc) is 3.22. The Labute approximate surface area is 191 Å². The smallest absolute Gasteiger partial charge is 0.270 e. The van der Waals surface area contributed by atoms with Crippen LogP contribution in [0.5, 0.6) is 0 Å². The highest BCUT2D eigenvalue weighted by atomic mass is 19.1. The normalized spacial score (nSPS) is 17.5. The molecule has 1 aromatic heterocycles. The van der Waals surface area contributed by atoms with E-state index in [-0.39, 0.29) is 23.3 Å². The van der Waals surface area contributed by atoms with Gasteiger partial charge in [0.2, 0.25) is 0 Å². The first-order chi connectivity index (χ1) is 16.0. The summed E-state index contributed by atoms with van der Waals surface area (Å²) in [6.07, 6.45) is 1.54. The van der Waals surface area contributed by atoms with Crippen molar-refractivity contribution >= 4 is 28.8 Å². The summed E-state index contributed by atoms with van der Waals surface area (Å²) in [5, 5.41) is 5.97. The number of nitrogens with two attached hydrogens (primary N) is 1. The van der Waals surface area contributed by atoms with Crippen LogP contribution in [0.1, 0.15) is 21.6 Å². The molecule has 0 bridgehead atoms. The number of hydrogen-bond donors (Lipinski definition) is 3. The molecule has 33 heavy (non-hydrogen) atoms. The Morgan fingerprint density at radius 3 is 2.67 bits per heavy atom. The number of ether oxygens (including phenoxy) is 1. The van der Waals surface area contributed by atoms with Gasteiger partial charge in [0.25, 0.3) is 5.91 Å². The summed E-state index contributed by atoms with van der Waals surface area (Å²) in [5.74, 6) is -0.395. The molecule has 1 fully saturated rings. The molecule has 8 heteroatoms. The fourth-order valence-electron chi connectivity index (χ4n) is 4.42. The second-order valence-electron chi connectivity index (χ2n) is 8.41. The van der Waals surface area contributed by atoms with Crippen molar-refractivity contribution in [1.29, 1.82) is 0 Å². The number of benzene rings is 2. The Kier molecular flexibility index (Phi) is 5.83. The molecule has 1 amide bonds. The van der Waals surface area contributed by atoms with E-state index in [4.69, 9.17) is 10.5 Å². The number of para-hydroxylation sites is 1. The third kappa shape index (κ3) is 4.75. The molecule has 7 nitrogen and oxygen atoms in total. The lowest BCUT2D eigenvalue weighted by molar-refractivity contribution is 0.0933. The second kappa shape index (κ2) is 9.07.